The first-order valence-corrected chi connectivity index (χ1v) is 8.14. The number of nitrogens with zero attached hydrogens (tertiary/aromatic N) is 1. The summed E-state index contributed by atoms with van der Waals surface area (Å²) >= 11 is 0.201. The van der Waals surface area contributed by atoms with E-state index in [1.807, 2.05) is 18.2 Å². The van der Waals surface area contributed by atoms with Crippen LogP contribution in [0.25, 0.3) is 0 Å². The molecule has 0 amide bonds. The second kappa shape index (κ2) is 4.87. The zero-order valence-electron chi connectivity index (χ0n) is 9.94. The average Bonchev–Trinajstić information content (AvgIpc) is 2.40. The Morgan fingerprint density at radius 3 is 2.39 bits per heavy atom. The van der Waals surface area contributed by atoms with E-state index in [2.05, 4.69) is 24.3 Å². The fourth-order valence-corrected chi connectivity index (χ4v) is 6.09. The first-order chi connectivity index (χ1) is 8.75. The van der Waals surface area contributed by atoms with Crippen molar-refractivity contribution in [2.24, 2.45) is 11.8 Å². The van der Waals surface area contributed by atoms with Crippen molar-refractivity contribution in [1.82, 2.24) is 0 Å². The third-order valence-electron chi connectivity index (χ3n) is 3.89. The van der Waals surface area contributed by atoms with Gasteiger partial charge in [-0.05, 0) is 0 Å². The summed E-state index contributed by atoms with van der Waals surface area (Å²) in [6, 6.07) is 9.89. The van der Waals surface area contributed by atoms with Crippen molar-refractivity contribution in [2.75, 3.05) is 0 Å². The monoisotopic (exact) mass is 309 g/mol. The van der Waals surface area contributed by atoms with E-state index < -0.39 is 0 Å². The molecule has 0 saturated heterocycles. The van der Waals surface area contributed by atoms with Gasteiger partial charge in [-0.15, -0.1) is 0 Å². The van der Waals surface area contributed by atoms with Crippen LogP contribution in [0, 0.1) is 22.0 Å². The molecule has 2 bridgehead atoms. The molecule has 4 atom stereocenters. The van der Waals surface area contributed by atoms with Crippen LogP contribution in [0.3, 0.4) is 0 Å². The normalized spacial score (nSPS) is 33.6. The van der Waals surface area contributed by atoms with Crippen LogP contribution in [-0.2, 0) is 0 Å². The fourth-order valence-electron chi connectivity index (χ4n) is 3.01. The zero-order chi connectivity index (χ0) is 12.5. The van der Waals surface area contributed by atoms with E-state index in [4.69, 9.17) is 0 Å². The summed E-state index contributed by atoms with van der Waals surface area (Å²) < 4.78 is 1.28. The molecule has 4 heteroatoms. The first-order valence-electron chi connectivity index (χ1n) is 6.29. The maximum absolute atomic E-state index is 11.3. The molecule has 0 N–H and O–H groups in total. The summed E-state index contributed by atoms with van der Waals surface area (Å²) in [5.74, 6) is 0.589. The van der Waals surface area contributed by atoms with Gasteiger partial charge < -0.3 is 0 Å². The Morgan fingerprint density at radius 1 is 1.11 bits per heavy atom. The third-order valence-corrected chi connectivity index (χ3v) is 6.93. The van der Waals surface area contributed by atoms with Crippen LogP contribution < -0.4 is 4.46 Å². The molecule has 3 nitrogen and oxygen atoms in total. The summed E-state index contributed by atoms with van der Waals surface area (Å²) in [6.45, 7) is 0. The Kier molecular flexibility index (Phi) is 3.23. The topological polar surface area (TPSA) is 43.1 Å². The van der Waals surface area contributed by atoms with E-state index >= 15 is 0 Å². The van der Waals surface area contributed by atoms with Gasteiger partial charge in [-0.1, -0.05) is 0 Å². The van der Waals surface area contributed by atoms with Crippen LogP contribution in [0.1, 0.15) is 12.8 Å². The predicted molar refractivity (Wildman–Crippen MR) is 71.7 cm³/mol. The van der Waals surface area contributed by atoms with Gasteiger partial charge in [0.1, 0.15) is 0 Å². The Balaban J connectivity index is 1.85. The maximum atomic E-state index is 11.3. The summed E-state index contributed by atoms with van der Waals surface area (Å²) in [5, 5.41) is 11.3. The van der Waals surface area contributed by atoms with Crippen LogP contribution in [0.5, 0.6) is 0 Å². The van der Waals surface area contributed by atoms with E-state index in [-0.39, 0.29) is 36.7 Å². The van der Waals surface area contributed by atoms with Gasteiger partial charge in [-0.25, -0.2) is 0 Å². The Hall–Kier alpha value is -1.12. The molecule has 0 heterocycles. The van der Waals surface area contributed by atoms with Crippen LogP contribution in [0.4, 0.5) is 0 Å². The minimum absolute atomic E-state index is 0.0321. The molecule has 0 aromatic heterocycles. The molecule has 18 heavy (non-hydrogen) atoms. The first kappa shape index (κ1) is 11.9. The Labute approximate surface area is 113 Å². The van der Waals surface area contributed by atoms with Crippen molar-refractivity contribution >= 4 is 19.4 Å². The molecule has 3 aliphatic carbocycles. The molecular formula is C14H15NO2Se. The van der Waals surface area contributed by atoms with Crippen LogP contribution >= 0.6 is 0 Å². The SMILES string of the molecule is O=[N+]([O-])[C@H]1[C@@H]([Se]c2ccccc2)[C@H]2C=C[C@@H]1CC2. The zero-order valence-corrected chi connectivity index (χ0v) is 11.7. The van der Waals surface area contributed by atoms with Gasteiger partial charge in [0, 0.05) is 0 Å². The number of hydrogen-bond donors (Lipinski definition) is 0. The van der Waals surface area contributed by atoms with E-state index in [9.17, 15) is 10.1 Å². The van der Waals surface area contributed by atoms with Crippen molar-refractivity contribution in [3.05, 3.63) is 52.6 Å². The standard InChI is InChI=1S/C14H15NO2Se/c16-15(17)13-10-6-8-11(9-7-10)14(13)18-12-4-2-1-3-5-12/h1-6,8,10-11,13-14H,7,9H2/t10-,11+,13-,14+/m1/s1. The molecule has 0 spiro atoms. The molecule has 1 fully saturated rings. The van der Waals surface area contributed by atoms with Crippen LogP contribution in [0.2, 0.25) is 4.82 Å². The van der Waals surface area contributed by atoms with Gasteiger partial charge >= 0.3 is 112 Å². The van der Waals surface area contributed by atoms with Crippen molar-refractivity contribution in [2.45, 2.75) is 23.7 Å². The van der Waals surface area contributed by atoms with Gasteiger partial charge in [-0.3, -0.25) is 0 Å². The minimum atomic E-state index is -0.353. The number of benzene rings is 1. The van der Waals surface area contributed by atoms with Crippen molar-refractivity contribution in [3.8, 4) is 0 Å². The molecule has 4 rings (SSSR count). The molecule has 0 radical (unpaired) electrons. The molecule has 1 aromatic rings. The summed E-state index contributed by atoms with van der Waals surface area (Å²) in [5.41, 5.74) is 0. The Bertz CT molecular complexity index is 474. The number of rotatable bonds is 3. The van der Waals surface area contributed by atoms with Gasteiger partial charge in [-0.2, -0.15) is 0 Å². The average molecular weight is 308 g/mol. The van der Waals surface area contributed by atoms with Crippen molar-refractivity contribution in [1.29, 1.82) is 0 Å². The van der Waals surface area contributed by atoms with Crippen LogP contribution in [0.15, 0.2) is 42.5 Å². The van der Waals surface area contributed by atoms with Gasteiger partial charge in [0.05, 0.1) is 0 Å². The van der Waals surface area contributed by atoms with Crippen molar-refractivity contribution in [3.63, 3.8) is 0 Å². The number of hydrogen-bond acceptors (Lipinski definition) is 2. The van der Waals surface area contributed by atoms with E-state index in [1.54, 1.807) is 0 Å². The number of fused-ring (bicyclic) bond motifs is 2. The quantitative estimate of drug-likeness (QED) is 0.371. The second-order valence-electron chi connectivity index (χ2n) is 4.96. The number of nitro groups is 1. The van der Waals surface area contributed by atoms with Crippen LogP contribution in [-0.4, -0.2) is 25.9 Å². The van der Waals surface area contributed by atoms with Gasteiger partial charge in [0.15, 0.2) is 0 Å². The van der Waals surface area contributed by atoms with E-state index in [0.717, 1.165) is 12.8 Å². The molecular weight excluding hydrogens is 293 g/mol. The summed E-state index contributed by atoms with van der Waals surface area (Å²) in [7, 11) is 0. The molecule has 94 valence electrons. The predicted octanol–water partition coefficient (Wildman–Crippen LogP) is 2.05. The summed E-state index contributed by atoms with van der Waals surface area (Å²) in [4.78, 5) is 11.5. The van der Waals surface area contributed by atoms with Gasteiger partial charge in [0.25, 0.3) is 0 Å². The van der Waals surface area contributed by atoms with E-state index in [0.29, 0.717) is 5.92 Å². The molecule has 0 unspecified atom stereocenters. The molecule has 1 aromatic carbocycles. The fraction of sp³-hybridized carbons (Fsp3) is 0.429. The number of allylic oxidation sites excluding steroid dienone is 1. The molecule has 1 saturated carbocycles. The molecule has 0 aliphatic heterocycles. The molecule has 3 aliphatic rings. The second-order valence-corrected chi connectivity index (χ2v) is 7.59. The third kappa shape index (κ3) is 2.11. The van der Waals surface area contributed by atoms with Gasteiger partial charge in [0.2, 0.25) is 0 Å². The van der Waals surface area contributed by atoms with E-state index in [1.165, 1.54) is 4.46 Å². The Morgan fingerprint density at radius 2 is 1.78 bits per heavy atom. The summed E-state index contributed by atoms with van der Waals surface area (Å²) in [6.07, 6.45) is 6.43. The van der Waals surface area contributed by atoms with Crippen molar-refractivity contribution < 1.29 is 4.92 Å².